The molecule has 0 aliphatic carbocycles. The van der Waals surface area contributed by atoms with Crippen LogP contribution in [0.1, 0.15) is 36.4 Å². The third kappa shape index (κ3) is 3.12. The van der Waals surface area contributed by atoms with Crippen molar-refractivity contribution >= 4 is 49.1 Å². The molecule has 2 nitrogen and oxygen atoms in total. The highest BCUT2D eigenvalue weighted by molar-refractivity contribution is 9.13. The van der Waals surface area contributed by atoms with Gasteiger partial charge in [-0.15, -0.1) is 11.3 Å². The Hall–Kier alpha value is 0.130. The summed E-state index contributed by atoms with van der Waals surface area (Å²) in [6, 6.07) is 1.90. The number of likely N-dealkylation sites (tertiary alicyclic amines) is 1. The van der Waals surface area contributed by atoms with Gasteiger partial charge in [-0.25, -0.2) is 0 Å². The highest BCUT2D eigenvalue weighted by Gasteiger charge is 2.30. The summed E-state index contributed by atoms with van der Waals surface area (Å²) in [7, 11) is 0. The van der Waals surface area contributed by atoms with E-state index in [1.54, 1.807) is 0 Å². The van der Waals surface area contributed by atoms with Crippen molar-refractivity contribution in [3.05, 3.63) is 19.2 Å². The molecule has 0 saturated carbocycles. The van der Waals surface area contributed by atoms with E-state index in [9.17, 15) is 4.79 Å². The number of piperidine rings is 1. The molecule has 1 amide bonds. The van der Waals surface area contributed by atoms with Crippen molar-refractivity contribution in [2.75, 3.05) is 13.1 Å². The molecule has 0 N–H and O–H groups in total. The summed E-state index contributed by atoms with van der Waals surface area (Å²) >= 11 is 8.35. The molecular weight excluding hydrogens is 366 g/mol. The minimum Gasteiger partial charge on any atom is -0.337 e. The zero-order valence-electron chi connectivity index (χ0n) is 9.93. The van der Waals surface area contributed by atoms with E-state index in [1.165, 1.54) is 17.8 Å². The van der Waals surface area contributed by atoms with Crippen molar-refractivity contribution in [3.63, 3.8) is 0 Å². The Bertz CT molecular complexity index is 422. The fourth-order valence-corrected chi connectivity index (χ4v) is 4.21. The van der Waals surface area contributed by atoms with Crippen LogP contribution in [0.5, 0.6) is 0 Å². The van der Waals surface area contributed by atoms with E-state index in [4.69, 9.17) is 0 Å². The van der Waals surface area contributed by atoms with Gasteiger partial charge < -0.3 is 4.90 Å². The SMILES string of the molecule is CC1(C)CCCN(C(=O)c2cc(Br)c(Br)s2)C1. The summed E-state index contributed by atoms with van der Waals surface area (Å²) in [4.78, 5) is 15.1. The number of nitrogens with zero attached hydrogens (tertiary/aromatic N) is 1. The second-order valence-corrected chi connectivity index (χ2v) is 8.45. The molecule has 0 aromatic carbocycles. The second-order valence-electron chi connectivity index (χ2n) is 5.23. The van der Waals surface area contributed by atoms with E-state index in [0.717, 1.165) is 32.6 Å². The van der Waals surface area contributed by atoms with Gasteiger partial charge in [0.1, 0.15) is 0 Å². The highest BCUT2D eigenvalue weighted by atomic mass is 79.9. The number of carbonyl (C=O) groups excluding carboxylic acids is 1. The fourth-order valence-electron chi connectivity index (χ4n) is 2.20. The van der Waals surface area contributed by atoms with Gasteiger partial charge in [0.2, 0.25) is 0 Å². The maximum absolute atomic E-state index is 12.3. The minimum absolute atomic E-state index is 0.161. The molecule has 0 unspecified atom stereocenters. The first kappa shape index (κ1) is 13.6. The first-order valence-electron chi connectivity index (χ1n) is 5.63. The Morgan fingerprint density at radius 3 is 2.71 bits per heavy atom. The second kappa shape index (κ2) is 5.02. The molecule has 0 bridgehead atoms. The van der Waals surface area contributed by atoms with Crippen molar-refractivity contribution in [1.29, 1.82) is 0 Å². The standard InChI is InChI=1S/C12H15Br2NOS/c1-12(2)4-3-5-15(7-12)11(16)9-6-8(13)10(14)17-9/h6H,3-5,7H2,1-2H3. The van der Waals surface area contributed by atoms with Gasteiger partial charge in [-0.05, 0) is 56.2 Å². The molecule has 2 rings (SSSR count). The van der Waals surface area contributed by atoms with Gasteiger partial charge in [0.15, 0.2) is 0 Å². The number of thiophene rings is 1. The lowest BCUT2D eigenvalue weighted by molar-refractivity contribution is 0.0588. The van der Waals surface area contributed by atoms with Crippen LogP contribution in [0.2, 0.25) is 0 Å². The Morgan fingerprint density at radius 1 is 1.47 bits per heavy atom. The minimum atomic E-state index is 0.161. The molecule has 0 spiro atoms. The van der Waals surface area contributed by atoms with E-state index in [0.29, 0.717) is 0 Å². The average Bonchev–Trinajstić information content (AvgIpc) is 2.57. The van der Waals surface area contributed by atoms with E-state index < -0.39 is 0 Å². The topological polar surface area (TPSA) is 20.3 Å². The van der Waals surface area contributed by atoms with Crippen molar-refractivity contribution in [2.45, 2.75) is 26.7 Å². The number of hydrogen-bond donors (Lipinski definition) is 0. The van der Waals surface area contributed by atoms with Crippen LogP contribution >= 0.6 is 43.2 Å². The largest absolute Gasteiger partial charge is 0.337 e. The third-order valence-corrected chi connectivity index (χ3v) is 6.29. The Kier molecular flexibility index (Phi) is 4.00. The van der Waals surface area contributed by atoms with Crippen LogP contribution in [0.25, 0.3) is 0 Å². The van der Waals surface area contributed by atoms with E-state index >= 15 is 0 Å². The van der Waals surface area contributed by atoms with Crippen molar-refractivity contribution in [1.82, 2.24) is 4.90 Å². The van der Waals surface area contributed by atoms with Gasteiger partial charge in [-0.2, -0.15) is 0 Å². The molecule has 1 aromatic rings. The van der Waals surface area contributed by atoms with E-state index in [2.05, 4.69) is 45.7 Å². The lowest BCUT2D eigenvalue weighted by Gasteiger charge is -2.37. The quantitative estimate of drug-likeness (QED) is 0.700. The third-order valence-electron chi connectivity index (χ3n) is 3.04. The van der Waals surface area contributed by atoms with Crippen LogP contribution in [-0.4, -0.2) is 23.9 Å². The van der Waals surface area contributed by atoms with E-state index in [-0.39, 0.29) is 11.3 Å². The highest BCUT2D eigenvalue weighted by Crippen LogP contribution is 2.35. The molecule has 1 aromatic heterocycles. The molecular formula is C12H15Br2NOS. The maximum Gasteiger partial charge on any atom is 0.264 e. The van der Waals surface area contributed by atoms with Crippen LogP contribution in [-0.2, 0) is 0 Å². The van der Waals surface area contributed by atoms with Gasteiger partial charge in [0, 0.05) is 17.6 Å². The summed E-state index contributed by atoms with van der Waals surface area (Å²) < 4.78 is 1.94. The van der Waals surface area contributed by atoms with Crippen LogP contribution in [0.3, 0.4) is 0 Å². The smallest absolute Gasteiger partial charge is 0.264 e. The number of halogens is 2. The van der Waals surface area contributed by atoms with E-state index in [1.807, 2.05) is 11.0 Å². The lowest BCUT2D eigenvalue weighted by atomic mass is 9.84. The fraction of sp³-hybridized carbons (Fsp3) is 0.583. The van der Waals surface area contributed by atoms with Gasteiger partial charge in [0.05, 0.1) is 8.66 Å². The zero-order chi connectivity index (χ0) is 12.6. The van der Waals surface area contributed by atoms with Gasteiger partial charge in [0.25, 0.3) is 5.91 Å². The Morgan fingerprint density at radius 2 is 2.18 bits per heavy atom. The molecule has 17 heavy (non-hydrogen) atoms. The maximum atomic E-state index is 12.3. The number of amides is 1. The predicted molar refractivity (Wildman–Crippen MR) is 78.6 cm³/mol. The molecule has 1 aliphatic rings. The number of hydrogen-bond acceptors (Lipinski definition) is 2. The van der Waals surface area contributed by atoms with Crippen LogP contribution in [0.15, 0.2) is 14.3 Å². The molecule has 1 aliphatic heterocycles. The van der Waals surface area contributed by atoms with Gasteiger partial charge >= 0.3 is 0 Å². The van der Waals surface area contributed by atoms with Crippen LogP contribution in [0.4, 0.5) is 0 Å². The Balaban J connectivity index is 2.15. The normalized spacial score (nSPS) is 19.4. The molecule has 2 heterocycles. The number of rotatable bonds is 1. The van der Waals surface area contributed by atoms with Crippen LogP contribution in [0, 0.1) is 5.41 Å². The monoisotopic (exact) mass is 379 g/mol. The summed E-state index contributed by atoms with van der Waals surface area (Å²) in [6.07, 6.45) is 2.31. The summed E-state index contributed by atoms with van der Waals surface area (Å²) in [5.41, 5.74) is 0.250. The molecule has 1 fully saturated rings. The molecule has 5 heteroatoms. The van der Waals surface area contributed by atoms with Gasteiger partial charge in [-0.1, -0.05) is 13.8 Å². The molecule has 1 saturated heterocycles. The summed E-state index contributed by atoms with van der Waals surface area (Å²) in [5.74, 6) is 0.161. The summed E-state index contributed by atoms with van der Waals surface area (Å²) in [6.45, 7) is 6.20. The van der Waals surface area contributed by atoms with Crippen molar-refractivity contribution in [2.24, 2.45) is 5.41 Å². The zero-order valence-corrected chi connectivity index (χ0v) is 13.9. The molecule has 0 atom stereocenters. The first-order valence-corrected chi connectivity index (χ1v) is 8.03. The van der Waals surface area contributed by atoms with Crippen LogP contribution < -0.4 is 0 Å². The lowest BCUT2D eigenvalue weighted by Crippen LogP contribution is -2.43. The first-order chi connectivity index (χ1) is 7.89. The summed E-state index contributed by atoms with van der Waals surface area (Å²) in [5, 5.41) is 0. The average molecular weight is 381 g/mol. The van der Waals surface area contributed by atoms with Crippen molar-refractivity contribution in [3.8, 4) is 0 Å². The van der Waals surface area contributed by atoms with Crippen molar-refractivity contribution < 1.29 is 4.79 Å². The predicted octanol–water partition coefficient (Wildman–Crippen LogP) is 4.54. The number of carbonyl (C=O) groups is 1. The molecule has 0 radical (unpaired) electrons. The van der Waals surface area contributed by atoms with Gasteiger partial charge in [-0.3, -0.25) is 4.79 Å². The molecule has 94 valence electrons. The Labute approximate surface area is 123 Å².